The summed E-state index contributed by atoms with van der Waals surface area (Å²) < 4.78 is 5.42. The molecule has 1 aliphatic heterocycles. The molecule has 0 spiro atoms. The maximum absolute atomic E-state index is 6.07. The molecule has 4 heteroatoms. The molecule has 0 unspecified atom stereocenters. The van der Waals surface area contributed by atoms with Gasteiger partial charge in [0.25, 0.3) is 0 Å². The van der Waals surface area contributed by atoms with Gasteiger partial charge in [-0.2, -0.15) is 0 Å². The Morgan fingerprint density at radius 2 is 1.83 bits per heavy atom. The minimum atomic E-state index is 0.814. The lowest BCUT2D eigenvalue weighted by molar-refractivity contribution is 0.250. The first kappa shape index (κ1) is 14.6. The average Bonchev–Trinajstić information content (AvgIpc) is 3.03. The summed E-state index contributed by atoms with van der Waals surface area (Å²) in [6, 6.07) is 16.6. The molecule has 1 aromatic heterocycles. The Labute approximate surface area is 141 Å². The molecule has 4 rings (SSSR count). The Balaban J connectivity index is 1.40. The molecule has 0 amide bonds. The molecule has 0 N–H and O–H groups in total. The number of anilines is 1. The van der Waals surface area contributed by atoms with Gasteiger partial charge in [0, 0.05) is 48.8 Å². The van der Waals surface area contributed by atoms with E-state index in [-0.39, 0.29) is 0 Å². The van der Waals surface area contributed by atoms with Crippen LogP contribution in [0.15, 0.2) is 59.2 Å². The van der Waals surface area contributed by atoms with Gasteiger partial charge in [0.2, 0.25) is 0 Å². The Morgan fingerprint density at radius 3 is 2.65 bits per heavy atom. The molecule has 0 atom stereocenters. The van der Waals surface area contributed by atoms with Gasteiger partial charge >= 0.3 is 0 Å². The molecular weight excluding hydrogens is 308 g/mol. The average molecular weight is 327 g/mol. The van der Waals surface area contributed by atoms with Gasteiger partial charge in [0.15, 0.2) is 0 Å². The third-order valence-corrected chi connectivity index (χ3v) is 4.70. The van der Waals surface area contributed by atoms with Crippen molar-refractivity contribution in [3.8, 4) is 0 Å². The predicted octanol–water partition coefficient (Wildman–Crippen LogP) is 4.41. The normalized spacial score (nSPS) is 16.1. The highest BCUT2D eigenvalue weighted by atomic mass is 35.5. The minimum Gasteiger partial charge on any atom is -0.464 e. The van der Waals surface area contributed by atoms with Crippen LogP contribution in [0.25, 0.3) is 11.0 Å². The van der Waals surface area contributed by atoms with Crippen LogP contribution >= 0.6 is 11.6 Å². The van der Waals surface area contributed by atoms with Crippen molar-refractivity contribution in [3.63, 3.8) is 0 Å². The number of fused-ring (bicyclic) bond motifs is 1. The van der Waals surface area contributed by atoms with Crippen LogP contribution in [0.2, 0.25) is 5.02 Å². The molecule has 0 bridgehead atoms. The van der Waals surface area contributed by atoms with Crippen LogP contribution in [0, 0.1) is 0 Å². The lowest BCUT2D eigenvalue weighted by atomic mass is 10.1. The molecule has 1 aliphatic rings. The Bertz CT molecular complexity index is 806. The minimum absolute atomic E-state index is 0.814. The number of piperazine rings is 1. The molecule has 0 radical (unpaired) electrons. The first-order valence-electron chi connectivity index (χ1n) is 7.97. The molecule has 0 saturated carbocycles. The quantitative estimate of drug-likeness (QED) is 0.711. The van der Waals surface area contributed by atoms with E-state index in [4.69, 9.17) is 16.0 Å². The second kappa shape index (κ2) is 6.26. The number of furan rings is 1. The maximum Gasteiger partial charge on any atom is 0.133 e. The van der Waals surface area contributed by atoms with Gasteiger partial charge in [-0.3, -0.25) is 4.90 Å². The van der Waals surface area contributed by atoms with Crippen LogP contribution in [0.3, 0.4) is 0 Å². The molecule has 2 heterocycles. The molecule has 1 fully saturated rings. The van der Waals surface area contributed by atoms with Gasteiger partial charge < -0.3 is 9.32 Å². The van der Waals surface area contributed by atoms with E-state index in [0.29, 0.717) is 0 Å². The van der Waals surface area contributed by atoms with Crippen molar-refractivity contribution in [2.75, 3.05) is 31.1 Å². The largest absolute Gasteiger partial charge is 0.464 e. The number of hydrogen-bond acceptors (Lipinski definition) is 3. The van der Waals surface area contributed by atoms with Gasteiger partial charge in [0.05, 0.1) is 6.26 Å². The van der Waals surface area contributed by atoms with Gasteiger partial charge in [-0.25, -0.2) is 0 Å². The monoisotopic (exact) mass is 326 g/mol. The summed E-state index contributed by atoms with van der Waals surface area (Å²) in [6.07, 6.45) is 1.75. The van der Waals surface area contributed by atoms with E-state index in [9.17, 15) is 0 Å². The van der Waals surface area contributed by atoms with Crippen molar-refractivity contribution in [1.82, 2.24) is 4.90 Å². The second-order valence-corrected chi connectivity index (χ2v) is 6.47. The van der Waals surface area contributed by atoms with Gasteiger partial charge in [-0.15, -0.1) is 0 Å². The molecule has 23 heavy (non-hydrogen) atoms. The summed E-state index contributed by atoms with van der Waals surface area (Å²) >= 11 is 6.07. The van der Waals surface area contributed by atoms with Crippen LogP contribution in [0.4, 0.5) is 5.69 Å². The van der Waals surface area contributed by atoms with Gasteiger partial charge in [0.1, 0.15) is 5.58 Å². The topological polar surface area (TPSA) is 19.6 Å². The predicted molar refractivity (Wildman–Crippen MR) is 95.2 cm³/mol. The summed E-state index contributed by atoms with van der Waals surface area (Å²) in [6.45, 7) is 5.19. The zero-order valence-corrected chi connectivity index (χ0v) is 13.7. The number of rotatable bonds is 3. The van der Waals surface area contributed by atoms with Crippen molar-refractivity contribution in [1.29, 1.82) is 0 Å². The number of halogens is 1. The van der Waals surface area contributed by atoms with Crippen molar-refractivity contribution in [3.05, 3.63) is 65.4 Å². The van der Waals surface area contributed by atoms with E-state index in [2.05, 4.69) is 40.1 Å². The maximum atomic E-state index is 6.07. The van der Waals surface area contributed by atoms with E-state index < -0.39 is 0 Å². The fourth-order valence-corrected chi connectivity index (χ4v) is 3.42. The fourth-order valence-electron chi connectivity index (χ4n) is 3.21. The molecule has 3 nitrogen and oxygen atoms in total. The van der Waals surface area contributed by atoms with Crippen molar-refractivity contribution in [2.24, 2.45) is 0 Å². The van der Waals surface area contributed by atoms with E-state index >= 15 is 0 Å². The SMILES string of the molecule is Clc1cccc(CN2CCN(c3ccc4occc4c3)CC2)c1. The van der Waals surface area contributed by atoms with Crippen LogP contribution in [-0.2, 0) is 6.54 Å². The summed E-state index contributed by atoms with van der Waals surface area (Å²) in [5, 5.41) is 1.98. The highest BCUT2D eigenvalue weighted by molar-refractivity contribution is 6.30. The van der Waals surface area contributed by atoms with Gasteiger partial charge in [-0.1, -0.05) is 23.7 Å². The highest BCUT2D eigenvalue weighted by Crippen LogP contribution is 2.24. The Kier molecular flexibility index (Phi) is 3.98. The third-order valence-electron chi connectivity index (χ3n) is 4.47. The van der Waals surface area contributed by atoms with Crippen LogP contribution in [0.5, 0.6) is 0 Å². The smallest absolute Gasteiger partial charge is 0.133 e. The van der Waals surface area contributed by atoms with Crippen LogP contribution in [-0.4, -0.2) is 31.1 Å². The number of benzene rings is 2. The highest BCUT2D eigenvalue weighted by Gasteiger charge is 2.17. The summed E-state index contributed by atoms with van der Waals surface area (Å²) in [7, 11) is 0. The summed E-state index contributed by atoms with van der Waals surface area (Å²) in [5.41, 5.74) is 3.51. The Morgan fingerprint density at radius 1 is 0.957 bits per heavy atom. The van der Waals surface area contributed by atoms with Crippen molar-refractivity contribution in [2.45, 2.75) is 6.54 Å². The van der Waals surface area contributed by atoms with E-state index in [1.165, 1.54) is 16.6 Å². The van der Waals surface area contributed by atoms with E-state index in [0.717, 1.165) is 43.3 Å². The van der Waals surface area contributed by atoms with E-state index in [1.54, 1.807) is 6.26 Å². The van der Waals surface area contributed by atoms with Crippen molar-refractivity contribution >= 4 is 28.3 Å². The summed E-state index contributed by atoms with van der Waals surface area (Å²) in [5.74, 6) is 0. The molecule has 118 valence electrons. The lowest BCUT2D eigenvalue weighted by Crippen LogP contribution is -2.45. The zero-order chi connectivity index (χ0) is 15.6. The number of nitrogens with zero attached hydrogens (tertiary/aromatic N) is 2. The van der Waals surface area contributed by atoms with Crippen LogP contribution < -0.4 is 4.90 Å². The first-order valence-corrected chi connectivity index (χ1v) is 8.35. The van der Waals surface area contributed by atoms with Crippen LogP contribution in [0.1, 0.15) is 5.56 Å². The molecule has 1 saturated heterocycles. The Hall–Kier alpha value is -1.97. The number of hydrogen-bond donors (Lipinski definition) is 0. The van der Waals surface area contributed by atoms with Gasteiger partial charge in [-0.05, 0) is 42.0 Å². The summed E-state index contributed by atoms with van der Waals surface area (Å²) in [4.78, 5) is 4.93. The first-order chi connectivity index (χ1) is 11.3. The zero-order valence-electron chi connectivity index (χ0n) is 12.9. The molecule has 0 aliphatic carbocycles. The van der Waals surface area contributed by atoms with E-state index in [1.807, 2.05) is 18.2 Å². The second-order valence-electron chi connectivity index (χ2n) is 6.04. The standard InChI is InChI=1S/C19H19ClN2O/c20-17-3-1-2-15(12-17)14-21-7-9-22(10-8-21)18-4-5-19-16(13-18)6-11-23-19/h1-6,11-13H,7-10,14H2. The molecular formula is C19H19ClN2O. The molecule has 2 aromatic carbocycles. The molecule has 3 aromatic rings. The third kappa shape index (κ3) is 3.21. The lowest BCUT2D eigenvalue weighted by Gasteiger charge is -2.36. The van der Waals surface area contributed by atoms with Crippen molar-refractivity contribution < 1.29 is 4.42 Å². The fraction of sp³-hybridized carbons (Fsp3) is 0.263.